The minimum Gasteiger partial charge on any atom is -0.349 e. The van der Waals surface area contributed by atoms with E-state index in [0.29, 0.717) is 11.4 Å². The van der Waals surface area contributed by atoms with Gasteiger partial charge in [-0.15, -0.1) is 0 Å². The highest BCUT2D eigenvalue weighted by Gasteiger charge is 2.39. The second-order valence-electron chi connectivity index (χ2n) is 7.36. The number of hydrogen-bond donors (Lipinski definition) is 1. The zero-order chi connectivity index (χ0) is 18.2. The number of halogens is 2. The summed E-state index contributed by atoms with van der Waals surface area (Å²) in [6.07, 6.45) is -2.76. The Labute approximate surface area is 146 Å². The molecule has 0 fully saturated rings. The molecule has 0 saturated heterocycles. The topological polar surface area (TPSA) is 32.3 Å². The average molecular weight is 344 g/mol. The van der Waals surface area contributed by atoms with Gasteiger partial charge in [0.25, 0.3) is 12.3 Å². The summed E-state index contributed by atoms with van der Waals surface area (Å²) in [7, 11) is 0. The van der Waals surface area contributed by atoms with Gasteiger partial charge in [0.1, 0.15) is 0 Å². The van der Waals surface area contributed by atoms with Crippen LogP contribution in [0.3, 0.4) is 0 Å². The summed E-state index contributed by atoms with van der Waals surface area (Å²) < 4.78 is 27.2. The fourth-order valence-electron chi connectivity index (χ4n) is 3.07. The lowest BCUT2D eigenvalue weighted by Gasteiger charge is -2.38. The number of carbonyl (C=O) groups is 1. The molecule has 0 bridgehead atoms. The van der Waals surface area contributed by atoms with E-state index in [9.17, 15) is 13.6 Å². The Hall–Kier alpha value is -2.43. The SMILES string of the molecule is CC(C)(C)c1ccc2c(c1)NC(=O)C(C(F)F)N2Cc1ccccc1. The standard InChI is InChI=1S/C20H22F2N2O/c1-20(2,3)14-9-10-16-15(11-14)23-19(25)17(18(21)22)24(16)12-13-7-5-4-6-8-13/h4-11,17-18H,12H2,1-3H3,(H,23,25). The summed E-state index contributed by atoms with van der Waals surface area (Å²) in [6, 6.07) is 13.5. The lowest BCUT2D eigenvalue weighted by atomic mass is 9.86. The van der Waals surface area contributed by atoms with E-state index in [2.05, 4.69) is 26.1 Å². The van der Waals surface area contributed by atoms with Crippen molar-refractivity contribution in [1.82, 2.24) is 0 Å². The summed E-state index contributed by atoms with van der Waals surface area (Å²) >= 11 is 0. The van der Waals surface area contributed by atoms with Crippen molar-refractivity contribution in [2.24, 2.45) is 0 Å². The molecule has 0 saturated carbocycles. The third-order valence-electron chi connectivity index (χ3n) is 4.47. The average Bonchev–Trinajstić information content (AvgIpc) is 2.54. The van der Waals surface area contributed by atoms with Crippen LogP contribution in [-0.4, -0.2) is 18.4 Å². The molecule has 1 N–H and O–H groups in total. The van der Waals surface area contributed by atoms with E-state index in [1.165, 1.54) is 4.90 Å². The second-order valence-corrected chi connectivity index (χ2v) is 7.36. The first-order chi connectivity index (χ1) is 11.8. The molecule has 2 aromatic carbocycles. The van der Waals surface area contributed by atoms with Gasteiger partial charge in [-0.05, 0) is 28.7 Å². The smallest absolute Gasteiger partial charge is 0.267 e. The largest absolute Gasteiger partial charge is 0.349 e. The summed E-state index contributed by atoms with van der Waals surface area (Å²) in [6.45, 7) is 6.47. The van der Waals surface area contributed by atoms with Crippen LogP contribution in [0.25, 0.3) is 0 Å². The van der Waals surface area contributed by atoms with Crippen LogP contribution < -0.4 is 10.2 Å². The number of anilines is 2. The Morgan fingerprint density at radius 2 is 1.80 bits per heavy atom. The van der Waals surface area contributed by atoms with Crippen molar-refractivity contribution >= 4 is 17.3 Å². The molecule has 25 heavy (non-hydrogen) atoms. The van der Waals surface area contributed by atoms with E-state index in [-0.39, 0.29) is 12.0 Å². The van der Waals surface area contributed by atoms with Crippen molar-refractivity contribution in [3.05, 3.63) is 59.7 Å². The number of amides is 1. The third kappa shape index (κ3) is 3.50. The molecule has 0 aliphatic carbocycles. The summed E-state index contributed by atoms with van der Waals surface area (Å²) in [5, 5.41) is 2.66. The van der Waals surface area contributed by atoms with Crippen LogP contribution in [0.1, 0.15) is 31.9 Å². The lowest BCUT2D eigenvalue weighted by Crippen LogP contribution is -2.51. The lowest BCUT2D eigenvalue weighted by molar-refractivity contribution is -0.120. The summed E-state index contributed by atoms with van der Waals surface area (Å²) in [4.78, 5) is 13.8. The zero-order valence-corrected chi connectivity index (χ0v) is 14.6. The molecule has 0 spiro atoms. The molecule has 132 valence electrons. The van der Waals surface area contributed by atoms with E-state index in [4.69, 9.17) is 0 Å². The van der Waals surface area contributed by atoms with E-state index in [1.807, 2.05) is 48.5 Å². The van der Waals surface area contributed by atoms with Crippen molar-refractivity contribution in [2.75, 3.05) is 10.2 Å². The quantitative estimate of drug-likeness (QED) is 0.884. The normalized spacial score (nSPS) is 17.4. The van der Waals surface area contributed by atoms with Crippen molar-refractivity contribution in [2.45, 2.75) is 45.2 Å². The molecule has 2 aromatic rings. The molecule has 3 nitrogen and oxygen atoms in total. The molecule has 1 amide bonds. The highest BCUT2D eigenvalue weighted by atomic mass is 19.3. The monoisotopic (exact) mass is 344 g/mol. The molecule has 1 heterocycles. The molecule has 5 heteroatoms. The number of fused-ring (bicyclic) bond motifs is 1. The van der Waals surface area contributed by atoms with Gasteiger partial charge in [0.05, 0.1) is 11.4 Å². The highest BCUT2D eigenvalue weighted by Crippen LogP contribution is 2.38. The number of rotatable bonds is 3. The predicted molar refractivity (Wildman–Crippen MR) is 96.2 cm³/mol. The van der Waals surface area contributed by atoms with Gasteiger partial charge in [-0.25, -0.2) is 8.78 Å². The molecule has 1 unspecified atom stereocenters. The first-order valence-electron chi connectivity index (χ1n) is 8.31. The van der Waals surface area contributed by atoms with Gasteiger partial charge in [-0.1, -0.05) is 57.2 Å². The number of benzene rings is 2. The fraction of sp³-hybridized carbons (Fsp3) is 0.350. The van der Waals surface area contributed by atoms with Gasteiger partial charge in [-0.3, -0.25) is 4.79 Å². The Morgan fingerprint density at radius 3 is 2.40 bits per heavy atom. The predicted octanol–water partition coefficient (Wildman–Crippen LogP) is 4.58. The van der Waals surface area contributed by atoms with Crippen LogP contribution in [-0.2, 0) is 16.8 Å². The summed E-state index contributed by atoms with van der Waals surface area (Å²) in [5.41, 5.74) is 3.05. The Bertz CT molecular complexity index is 769. The fourth-order valence-corrected chi connectivity index (χ4v) is 3.07. The molecule has 1 aliphatic rings. The highest BCUT2D eigenvalue weighted by molar-refractivity contribution is 6.04. The van der Waals surface area contributed by atoms with Gasteiger partial charge < -0.3 is 10.2 Å². The van der Waals surface area contributed by atoms with Crippen LogP contribution >= 0.6 is 0 Å². The molecule has 0 radical (unpaired) electrons. The minimum absolute atomic E-state index is 0.0937. The number of hydrogen-bond acceptors (Lipinski definition) is 2. The van der Waals surface area contributed by atoms with Gasteiger partial charge in [0.15, 0.2) is 6.04 Å². The van der Waals surface area contributed by atoms with Crippen molar-refractivity contribution in [3.63, 3.8) is 0 Å². The third-order valence-corrected chi connectivity index (χ3v) is 4.47. The van der Waals surface area contributed by atoms with E-state index >= 15 is 0 Å². The van der Waals surface area contributed by atoms with E-state index in [1.54, 1.807) is 0 Å². The van der Waals surface area contributed by atoms with E-state index < -0.39 is 18.4 Å². The number of alkyl halides is 2. The Morgan fingerprint density at radius 1 is 1.12 bits per heavy atom. The Balaban J connectivity index is 2.05. The Kier molecular flexibility index (Phi) is 4.50. The molecular formula is C20H22F2N2O. The van der Waals surface area contributed by atoms with Crippen LogP contribution in [0.5, 0.6) is 0 Å². The minimum atomic E-state index is -2.76. The molecule has 1 aliphatic heterocycles. The van der Waals surface area contributed by atoms with Crippen LogP contribution in [0.4, 0.5) is 20.2 Å². The van der Waals surface area contributed by atoms with Crippen LogP contribution in [0, 0.1) is 0 Å². The van der Waals surface area contributed by atoms with Crippen molar-refractivity contribution < 1.29 is 13.6 Å². The van der Waals surface area contributed by atoms with Crippen LogP contribution in [0.2, 0.25) is 0 Å². The van der Waals surface area contributed by atoms with E-state index in [0.717, 1.165) is 11.1 Å². The van der Waals surface area contributed by atoms with Crippen molar-refractivity contribution in [3.8, 4) is 0 Å². The van der Waals surface area contributed by atoms with Crippen LogP contribution in [0.15, 0.2) is 48.5 Å². The first kappa shape index (κ1) is 17.4. The number of nitrogens with zero attached hydrogens (tertiary/aromatic N) is 1. The first-order valence-corrected chi connectivity index (χ1v) is 8.31. The van der Waals surface area contributed by atoms with Gasteiger partial charge >= 0.3 is 0 Å². The zero-order valence-electron chi connectivity index (χ0n) is 14.6. The second kappa shape index (κ2) is 6.47. The van der Waals surface area contributed by atoms with Gasteiger partial charge in [0, 0.05) is 6.54 Å². The number of nitrogens with one attached hydrogen (secondary N) is 1. The molecule has 3 rings (SSSR count). The van der Waals surface area contributed by atoms with Gasteiger partial charge in [0.2, 0.25) is 0 Å². The molecule has 0 aromatic heterocycles. The molecule has 1 atom stereocenters. The number of carbonyl (C=O) groups excluding carboxylic acids is 1. The molecular weight excluding hydrogens is 322 g/mol. The van der Waals surface area contributed by atoms with Crippen molar-refractivity contribution in [1.29, 1.82) is 0 Å². The maximum atomic E-state index is 13.6. The maximum absolute atomic E-state index is 13.6. The summed E-state index contributed by atoms with van der Waals surface area (Å²) in [5.74, 6) is -0.663. The maximum Gasteiger partial charge on any atom is 0.267 e. The van der Waals surface area contributed by atoms with Gasteiger partial charge in [-0.2, -0.15) is 0 Å².